The summed E-state index contributed by atoms with van der Waals surface area (Å²) in [6.45, 7) is 4.01. The number of ether oxygens (including phenoxy) is 2. The second kappa shape index (κ2) is 9.82. The summed E-state index contributed by atoms with van der Waals surface area (Å²) in [6, 6.07) is 15.4. The van der Waals surface area contributed by atoms with E-state index in [1.807, 2.05) is 36.4 Å². The van der Waals surface area contributed by atoms with E-state index in [1.54, 1.807) is 19.1 Å². The van der Waals surface area contributed by atoms with Crippen molar-refractivity contribution in [2.24, 2.45) is 0 Å². The van der Waals surface area contributed by atoms with Gasteiger partial charge >= 0.3 is 6.03 Å². The van der Waals surface area contributed by atoms with Gasteiger partial charge in [0.25, 0.3) is 5.91 Å². The largest absolute Gasteiger partial charge is 0.490 e. The summed E-state index contributed by atoms with van der Waals surface area (Å²) in [5, 5.41) is 13.8. The standard InChI is InChI=1S/C20H21N3O4/c1-3-26-18-11-16(12-21)9-10-17(18)27-14(2)19(24)23-20(25)22-13-15-7-5-4-6-8-15/h4-11,14H,3,13H2,1-2H3,(H2,22,23,24,25)/t14-/m0/s1. The fraction of sp³-hybridized carbons (Fsp3) is 0.250. The normalized spacial score (nSPS) is 11.0. The Bertz CT molecular complexity index is 831. The Balaban J connectivity index is 1.91. The first-order valence-corrected chi connectivity index (χ1v) is 8.49. The number of nitrogens with one attached hydrogen (secondary N) is 2. The first kappa shape index (κ1) is 19.8. The molecule has 2 N–H and O–H groups in total. The molecule has 0 aliphatic heterocycles. The number of carbonyl (C=O) groups excluding carboxylic acids is 2. The number of hydrogen-bond acceptors (Lipinski definition) is 5. The molecule has 7 nitrogen and oxygen atoms in total. The third kappa shape index (κ3) is 6.04. The number of urea groups is 1. The van der Waals surface area contributed by atoms with Crippen LogP contribution >= 0.6 is 0 Å². The highest BCUT2D eigenvalue weighted by Gasteiger charge is 2.19. The Morgan fingerprint density at radius 3 is 2.56 bits per heavy atom. The van der Waals surface area contributed by atoms with Gasteiger partial charge in [-0.15, -0.1) is 0 Å². The summed E-state index contributed by atoms with van der Waals surface area (Å²) in [5.74, 6) is 0.0975. The number of carbonyl (C=O) groups is 2. The highest BCUT2D eigenvalue weighted by atomic mass is 16.5. The first-order valence-electron chi connectivity index (χ1n) is 8.49. The highest BCUT2D eigenvalue weighted by Crippen LogP contribution is 2.29. The van der Waals surface area contributed by atoms with Crippen LogP contribution in [0.3, 0.4) is 0 Å². The van der Waals surface area contributed by atoms with Crippen molar-refractivity contribution in [1.29, 1.82) is 5.26 Å². The van der Waals surface area contributed by atoms with Gasteiger partial charge in [0.2, 0.25) is 0 Å². The Kier molecular flexibility index (Phi) is 7.20. The van der Waals surface area contributed by atoms with Crippen LogP contribution in [0.1, 0.15) is 25.0 Å². The minimum Gasteiger partial charge on any atom is -0.490 e. The zero-order valence-corrected chi connectivity index (χ0v) is 15.2. The summed E-state index contributed by atoms with van der Waals surface area (Å²) in [5.41, 5.74) is 1.34. The molecule has 0 bridgehead atoms. The van der Waals surface area contributed by atoms with Gasteiger partial charge in [-0.3, -0.25) is 10.1 Å². The van der Waals surface area contributed by atoms with Gasteiger partial charge in [-0.1, -0.05) is 30.3 Å². The molecule has 0 unspecified atom stereocenters. The number of nitriles is 1. The smallest absolute Gasteiger partial charge is 0.321 e. The maximum Gasteiger partial charge on any atom is 0.321 e. The van der Waals surface area contributed by atoms with Crippen LogP contribution in [0.2, 0.25) is 0 Å². The van der Waals surface area contributed by atoms with Crippen LogP contribution in [0, 0.1) is 11.3 Å². The maximum absolute atomic E-state index is 12.2. The molecule has 1 atom stereocenters. The molecule has 2 aromatic rings. The average Bonchev–Trinajstić information content (AvgIpc) is 2.68. The summed E-state index contributed by atoms with van der Waals surface area (Å²) >= 11 is 0. The molecule has 0 aromatic heterocycles. The van der Waals surface area contributed by atoms with Crippen molar-refractivity contribution in [3.05, 3.63) is 59.7 Å². The van der Waals surface area contributed by atoms with E-state index in [9.17, 15) is 9.59 Å². The number of amides is 3. The lowest BCUT2D eigenvalue weighted by Gasteiger charge is -2.17. The molecule has 0 heterocycles. The molecule has 0 radical (unpaired) electrons. The second-order valence-corrected chi connectivity index (χ2v) is 5.62. The van der Waals surface area contributed by atoms with Gasteiger partial charge in [0.15, 0.2) is 17.6 Å². The summed E-state index contributed by atoms with van der Waals surface area (Å²) in [7, 11) is 0. The van der Waals surface area contributed by atoms with Crippen molar-refractivity contribution in [3.63, 3.8) is 0 Å². The van der Waals surface area contributed by atoms with E-state index in [1.165, 1.54) is 13.0 Å². The Hall–Kier alpha value is -3.53. The lowest BCUT2D eigenvalue weighted by molar-refractivity contribution is -0.126. The summed E-state index contributed by atoms with van der Waals surface area (Å²) in [6.07, 6.45) is -0.931. The Morgan fingerprint density at radius 2 is 1.89 bits per heavy atom. The van der Waals surface area contributed by atoms with Crippen LogP contribution in [-0.4, -0.2) is 24.6 Å². The Morgan fingerprint density at radius 1 is 1.15 bits per heavy atom. The fourth-order valence-corrected chi connectivity index (χ4v) is 2.22. The maximum atomic E-state index is 12.2. The van der Waals surface area contributed by atoms with E-state index in [2.05, 4.69) is 10.6 Å². The quantitative estimate of drug-likeness (QED) is 0.784. The minimum absolute atomic E-state index is 0.305. The predicted molar refractivity (Wildman–Crippen MR) is 99.2 cm³/mol. The van der Waals surface area contributed by atoms with Crippen LogP contribution in [0.4, 0.5) is 4.79 Å². The molecule has 3 amide bonds. The molecule has 2 aromatic carbocycles. The van der Waals surface area contributed by atoms with Crippen molar-refractivity contribution in [1.82, 2.24) is 10.6 Å². The van der Waals surface area contributed by atoms with Crippen LogP contribution < -0.4 is 20.1 Å². The molecule has 0 saturated carbocycles. The van der Waals surface area contributed by atoms with Crippen LogP contribution in [0.15, 0.2) is 48.5 Å². The number of imide groups is 1. The van der Waals surface area contributed by atoms with Gasteiger partial charge in [0.1, 0.15) is 0 Å². The van der Waals surface area contributed by atoms with Crippen molar-refractivity contribution in [2.75, 3.05) is 6.61 Å². The van der Waals surface area contributed by atoms with Gasteiger partial charge in [-0.2, -0.15) is 5.26 Å². The second-order valence-electron chi connectivity index (χ2n) is 5.62. The first-order chi connectivity index (χ1) is 13.0. The molecular weight excluding hydrogens is 346 g/mol. The minimum atomic E-state index is -0.931. The zero-order chi connectivity index (χ0) is 19.6. The number of hydrogen-bond donors (Lipinski definition) is 2. The van der Waals surface area contributed by atoms with Gasteiger partial charge < -0.3 is 14.8 Å². The van der Waals surface area contributed by atoms with E-state index in [0.29, 0.717) is 30.2 Å². The van der Waals surface area contributed by atoms with E-state index < -0.39 is 18.0 Å². The van der Waals surface area contributed by atoms with E-state index in [0.717, 1.165) is 5.56 Å². The van der Waals surface area contributed by atoms with Crippen LogP contribution in [0.5, 0.6) is 11.5 Å². The number of benzene rings is 2. The van der Waals surface area contributed by atoms with Crippen molar-refractivity contribution in [2.45, 2.75) is 26.5 Å². The van der Waals surface area contributed by atoms with E-state index >= 15 is 0 Å². The zero-order valence-electron chi connectivity index (χ0n) is 15.2. The molecule has 27 heavy (non-hydrogen) atoms. The van der Waals surface area contributed by atoms with E-state index in [4.69, 9.17) is 14.7 Å². The van der Waals surface area contributed by atoms with Crippen molar-refractivity contribution in [3.8, 4) is 17.6 Å². The topological polar surface area (TPSA) is 100 Å². The van der Waals surface area contributed by atoms with Gasteiger partial charge in [-0.05, 0) is 31.5 Å². The van der Waals surface area contributed by atoms with Crippen molar-refractivity contribution >= 4 is 11.9 Å². The highest BCUT2D eigenvalue weighted by molar-refractivity contribution is 5.96. The van der Waals surface area contributed by atoms with Crippen LogP contribution in [0.25, 0.3) is 0 Å². The van der Waals surface area contributed by atoms with Crippen LogP contribution in [-0.2, 0) is 11.3 Å². The molecule has 0 saturated heterocycles. The van der Waals surface area contributed by atoms with Gasteiger partial charge in [-0.25, -0.2) is 4.79 Å². The molecule has 2 rings (SSSR count). The van der Waals surface area contributed by atoms with E-state index in [-0.39, 0.29) is 0 Å². The molecular formula is C20H21N3O4. The van der Waals surface area contributed by atoms with Gasteiger partial charge in [0.05, 0.1) is 18.2 Å². The number of nitrogens with zero attached hydrogens (tertiary/aromatic N) is 1. The summed E-state index contributed by atoms with van der Waals surface area (Å²) < 4.78 is 11.0. The number of rotatable bonds is 7. The third-order valence-electron chi connectivity index (χ3n) is 3.58. The fourth-order valence-electron chi connectivity index (χ4n) is 2.22. The SMILES string of the molecule is CCOc1cc(C#N)ccc1O[C@@H](C)C(=O)NC(=O)NCc1ccccc1. The molecule has 0 aliphatic rings. The molecule has 0 spiro atoms. The lowest BCUT2D eigenvalue weighted by atomic mass is 10.2. The lowest BCUT2D eigenvalue weighted by Crippen LogP contribution is -2.44. The molecule has 140 valence electrons. The predicted octanol–water partition coefficient (Wildman–Crippen LogP) is 2.75. The third-order valence-corrected chi connectivity index (χ3v) is 3.58. The summed E-state index contributed by atoms with van der Waals surface area (Å²) in [4.78, 5) is 24.0. The van der Waals surface area contributed by atoms with Gasteiger partial charge in [0, 0.05) is 12.6 Å². The molecule has 0 aliphatic carbocycles. The Labute approximate surface area is 157 Å². The monoisotopic (exact) mass is 367 g/mol. The average molecular weight is 367 g/mol. The molecule has 0 fully saturated rings. The van der Waals surface area contributed by atoms with Crippen molar-refractivity contribution < 1.29 is 19.1 Å². The molecule has 7 heteroatoms.